The third-order valence-electron chi connectivity index (χ3n) is 5.72. The molecule has 2 N–H and O–H groups in total. The van der Waals surface area contributed by atoms with Crippen LogP contribution in [0.2, 0.25) is 0 Å². The Kier molecular flexibility index (Phi) is 4.62. The van der Waals surface area contributed by atoms with Crippen molar-refractivity contribution in [3.05, 3.63) is 80.9 Å². The second-order valence-corrected chi connectivity index (χ2v) is 7.81. The van der Waals surface area contributed by atoms with Gasteiger partial charge in [-0.05, 0) is 23.8 Å². The molecule has 0 spiro atoms. The summed E-state index contributed by atoms with van der Waals surface area (Å²) < 4.78 is 55.8. The molecular formula is C21H16F4N6O2. The van der Waals surface area contributed by atoms with Gasteiger partial charge < -0.3 is 9.88 Å². The molecule has 0 bridgehead atoms. The van der Waals surface area contributed by atoms with E-state index in [9.17, 15) is 22.8 Å². The van der Waals surface area contributed by atoms with Gasteiger partial charge in [-0.2, -0.15) is 18.3 Å². The lowest BCUT2D eigenvalue weighted by Crippen LogP contribution is -2.28. The lowest BCUT2D eigenvalue weighted by Gasteiger charge is -2.23. The van der Waals surface area contributed by atoms with Gasteiger partial charge >= 0.3 is 11.9 Å². The molecule has 1 aliphatic rings. The molecular weight excluding hydrogens is 444 g/mol. The van der Waals surface area contributed by atoms with Gasteiger partial charge in [0.2, 0.25) is 0 Å². The number of fused-ring (bicyclic) bond motifs is 1. The molecule has 0 saturated carbocycles. The fourth-order valence-corrected chi connectivity index (χ4v) is 4.04. The van der Waals surface area contributed by atoms with Crippen molar-refractivity contribution in [2.24, 2.45) is 0 Å². The molecule has 4 aromatic rings. The third-order valence-corrected chi connectivity index (χ3v) is 5.72. The number of rotatable bonds is 3. The largest absolute Gasteiger partial charge is 0.416 e. The Hall–Kier alpha value is -3.96. The van der Waals surface area contributed by atoms with Gasteiger partial charge in [-0.15, -0.1) is 0 Å². The summed E-state index contributed by atoms with van der Waals surface area (Å²) in [7, 11) is 0. The lowest BCUT2D eigenvalue weighted by molar-refractivity contribution is -0.137. The molecule has 1 aliphatic heterocycles. The molecule has 5 rings (SSSR count). The van der Waals surface area contributed by atoms with Gasteiger partial charge in [0, 0.05) is 31.6 Å². The minimum atomic E-state index is -4.50. The van der Waals surface area contributed by atoms with Crippen LogP contribution in [0.5, 0.6) is 0 Å². The fraction of sp³-hybridized carbons (Fsp3) is 0.238. The van der Waals surface area contributed by atoms with Gasteiger partial charge in [-0.3, -0.25) is 9.78 Å². The molecule has 0 amide bonds. The topological polar surface area (TPSA) is 99.2 Å². The van der Waals surface area contributed by atoms with Crippen LogP contribution in [0.25, 0.3) is 16.9 Å². The number of aromatic amines is 2. The summed E-state index contributed by atoms with van der Waals surface area (Å²) in [5, 5.41) is 4.34. The number of anilines is 1. The van der Waals surface area contributed by atoms with Crippen molar-refractivity contribution in [1.29, 1.82) is 0 Å². The van der Waals surface area contributed by atoms with Crippen LogP contribution in [0.1, 0.15) is 17.5 Å². The Labute approximate surface area is 182 Å². The maximum atomic E-state index is 15.8. The standard InChI is InChI=1S/C21H16F4N6O2/c22-20(12-1-3-13(4-2-12)21(23,24)25)5-7-30(11-20)16-9-15(29-31-8-6-26-17(16)31)14-10-27-19(33)28-18(14)32/h1-4,6,8-10H,5,7,11H2,(H2,27,28,32,33). The van der Waals surface area contributed by atoms with E-state index in [-0.39, 0.29) is 36.3 Å². The first kappa shape index (κ1) is 20.9. The predicted octanol–water partition coefficient (Wildman–Crippen LogP) is 2.87. The zero-order valence-corrected chi connectivity index (χ0v) is 16.9. The molecule has 33 heavy (non-hydrogen) atoms. The molecule has 1 aromatic carbocycles. The Balaban J connectivity index is 1.52. The molecule has 0 radical (unpaired) electrons. The number of alkyl halides is 4. The van der Waals surface area contributed by atoms with E-state index in [1.54, 1.807) is 17.2 Å². The zero-order chi connectivity index (χ0) is 23.4. The maximum Gasteiger partial charge on any atom is 0.416 e. The highest BCUT2D eigenvalue weighted by Crippen LogP contribution is 2.40. The fourth-order valence-electron chi connectivity index (χ4n) is 4.04. The number of imidazole rings is 1. The second kappa shape index (κ2) is 7.29. The van der Waals surface area contributed by atoms with E-state index in [1.165, 1.54) is 16.9 Å². The summed E-state index contributed by atoms with van der Waals surface area (Å²) in [6.45, 7) is 0.151. The van der Waals surface area contributed by atoms with Crippen LogP contribution in [0.4, 0.5) is 23.2 Å². The molecule has 8 nitrogen and oxygen atoms in total. The van der Waals surface area contributed by atoms with E-state index in [0.29, 0.717) is 11.3 Å². The number of benzene rings is 1. The van der Waals surface area contributed by atoms with Crippen molar-refractivity contribution in [2.75, 3.05) is 18.0 Å². The van der Waals surface area contributed by atoms with Gasteiger partial charge in [0.05, 0.1) is 23.4 Å². The van der Waals surface area contributed by atoms with E-state index in [1.807, 2.05) is 0 Å². The Morgan fingerprint density at radius 1 is 1.12 bits per heavy atom. The van der Waals surface area contributed by atoms with Crippen LogP contribution in [0.15, 0.2) is 58.5 Å². The van der Waals surface area contributed by atoms with E-state index in [4.69, 9.17) is 0 Å². The minimum absolute atomic E-state index is 0.0577. The first-order valence-corrected chi connectivity index (χ1v) is 9.92. The summed E-state index contributed by atoms with van der Waals surface area (Å²) >= 11 is 0. The van der Waals surface area contributed by atoms with Gasteiger partial charge in [0.25, 0.3) is 5.56 Å². The Morgan fingerprint density at radius 2 is 1.88 bits per heavy atom. The SMILES string of the molecule is O=c1[nH]cc(-c2cc(N3CCC(F)(c4ccc(C(F)(F)F)cc4)C3)c3nccn3n2)c(=O)[nH]1. The van der Waals surface area contributed by atoms with E-state index >= 15 is 4.39 Å². The van der Waals surface area contributed by atoms with Crippen molar-refractivity contribution in [1.82, 2.24) is 24.6 Å². The van der Waals surface area contributed by atoms with Crippen molar-refractivity contribution in [3.63, 3.8) is 0 Å². The van der Waals surface area contributed by atoms with Crippen LogP contribution in [-0.2, 0) is 11.8 Å². The highest BCUT2D eigenvalue weighted by Gasteiger charge is 2.41. The number of hydrogen-bond donors (Lipinski definition) is 2. The molecule has 12 heteroatoms. The van der Waals surface area contributed by atoms with Crippen molar-refractivity contribution < 1.29 is 17.6 Å². The van der Waals surface area contributed by atoms with Crippen molar-refractivity contribution in [3.8, 4) is 11.3 Å². The zero-order valence-electron chi connectivity index (χ0n) is 16.9. The summed E-state index contributed by atoms with van der Waals surface area (Å²) in [6, 6.07) is 5.65. The first-order valence-electron chi connectivity index (χ1n) is 9.92. The van der Waals surface area contributed by atoms with Crippen LogP contribution < -0.4 is 16.1 Å². The van der Waals surface area contributed by atoms with Gasteiger partial charge in [0.1, 0.15) is 5.69 Å². The van der Waals surface area contributed by atoms with Crippen LogP contribution in [-0.4, -0.2) is 37.7 Å². The number of hydrogen-bond acceptors (Lipinski definition) is 5. The average Bonchev–Trinajstić information content (AvgIpc) is 3.40. The number of nitrogens with zero attached hydrogens (tertiary/aromatic N) is 4. The van der Waals surface area contributed by atoms with E-state index in [2.05, 4.69) is 20.1 Å². The molecule has 170 valence electrons. The summed E-state index contributed by atoms with van der Waals surface area (Å²) in [5.41, 5.74) is -2.57. The average molecular weight is 460 g/mol. The molecule has 4 heterocycles. The number of nitrogens with one attached hydrogen (secondary N) is 2. The molecule has 0 aliphatic carbocycles. The van der Waals surface area contributed by atoms with Crippen LogP contribution in [0, 0.1) is 0 Å². The van der Waals surface area contributed by atoms with Crippen molar-refractivity contribution in [2.45, 2.75) is 18.3 Å². The van der Waals surface area contributed by atoms with Gasteiger partial charge in [-0.25, -0.2) is 18.7 Å². The van der Waals surface area contributed by atoms with Crippen molar-refractivity contribution >= 4 is 11.3 Å². The molecule has 1 fully saturated rings. The predicted molar refractivity (Wildman–Crippen MR) is 111 cm³/mol. The van der Waals surface area contributed by atoms with Gasteiger partial charge in [-0.1, -0.05) is 12.1 Å². The lowest BCUT2D eigenvalue weighted by atomic mass is 9.94. The first-order chi connectivity index (χ1) is 15.6. The normalized spacial score (nSPS) is 18.8. The van der Waals surface area contributed by atoms with Crippen LogP contribution in [0.3, 0.4) is 0 Å². The molecule has 1 unspecified atom stereocenters. The number of aromatic nitrogens is 5. The summed E-state index contributed by atoms with van der Waals surface area (Å²) in [5.74, 6) is 0. The smallest absolute Gasteiger partial charge is 0.365 e. The highest BCUT2D eigenvalue weighted by molar-refractivity contribution is 5.74. The molecule has 1 saturated heterocycles. The quantitative estimate of drug-likeness (QED) is 0.458. The monoisotopic (exact) mass is 460 g/mol. The number of H-pyrrole nitrogens is 2. The number of halogens is 4. The highest BCUT2D eigenvalue weighted by atomic mass is 19.4. The Morgan fingerprint density at radius 3 is 2.58 bits per heavy atom. The second-order valence-electron chi connectivity index (χ2n) is 7.81. The minimum Gasteiger partial charge on any atom is -0.365 e. The van der Waals surface area contributed by atoms with E-state index in [0.717, 1.165) is 24.3 Å². The Bertz CT molecular complexity index is 1460. The molecule has 3 aromatic heterocycles. The third kappa shape index (κ3) is 3.66. The van der Waals surface area contributed by atoms with Crippen LogP contribution >= 0.6 is 0 Å². The summed E-state index contributed by atoms with van der Waals surface area (Å²) in [6.07, 6.45) is -0.134. The molecule has 1 atom stereocenters. The maximum absolute atomic E-state index is 15.8. The summed E-state index contributed by atoms with van der Waals surface area (Å²) in [4.78, 5) is 34.1. The van der Waals surface area contributed by atoms with Gasteiger partial charge in [0.15, 0.2) is 11.3 Å². The van der Waals surface area contributed by atoms with E-state index < -0.39 is 28.7 Å².